The van der Waals surface area contributed by atoms with E-state index in [-0.39, 0.29) is 5.91 Å². The number of hydrogen-bond acceptors (Lipinski definition) is 1. The zero-order valence-electron chi connectivity index (χ0n) is 11.3. The molecule has 0 saturated carbocycles. The Hall–Kier alpha value is -1.31. The first kappa shape index (κ1) is 13.8. The van der Waals surface area contributed by atoms with Crippen molar-refractivity contribution in [2.75, 3.05) is 6.54 Å². The fourth-order valence-corrected chi connectivity index (χ4v) is 1.71. The van der Waals surface area contributed by atoms with E-state index in [0.29, 0.717) is 11.8 Å². The van der Waals surface area contributed by atoms with Gasteiger partial charge in [-0.05, 0) is 36.0 Å². The van der Waals surface area contributed by atoms with Crippen molar-refractivity contribution in [2.24, 2.45) is 11.8 Å². The topological polar surface area (TPSA) is 29.1 Å². The molecular formula is C15H23NO. The van der Waals surface area contributed by atoms with Crippen LogP contribution in [0.4, 0.5) is 0 Å². The summed E-state index contributed by atoms with van der Waals surface area (Å²) in [6, 6.07) is 7.91. The highest BCUT2D eigenvalue weighted by atomic mass is 16.1. The highest BCUT2D eigenvalue weighted by Crippen LogP contribution is 2.10. The van der Waals surface area contributed by atoms with Crippen molar-refractivity contribution >= 4 is 5.91 Å². The first-order valence-electron chi connectivity index (χ1n) is 6.36. The number of rotatable bonds is 5. The molecule has 1 amide bonds. The molecule has 0 fully saturated rings. The third kappa shape index (κ3) is 5.03. The van der Waals surface area contributed by atoms with Crippen molar-refractivity contribution in [2.45, 2.75) is 34.1 Å². The summed E-state index contributed by atoms with van der Waals surface area (Å²) in [6.45, 7) is 9.29. The molecule has 1 rings (SSSR count). The lowest BCUT2D eigenvalue weighted by Crippen LogP contribution is -2.27. The van der Waals surface area contributed by atoms with Gasteiger partial charge in [0.1, 0.15) is 0 Å². The maximum absolute atomic E-state index is 11.9. The fourth-order valence-electron chi connectivity index (χ4n) is 1.71. The van der Waals surface area contributed by atoms with Gasteiger partial charge < -0.3 is 5.32 Å². The minimum atomic E-state index is 0.0318. The molecule has 0 aliphatic heterocycles. The van der Waals surface area contributed by atoms with Crippen LogP contribution in [0.25, 0.3) is 0 Å². The van der Waals surface area contributed by atoms with Gasteiger partial charge in [0.2, 0.25) is 0 Å². The lowest BCUT2D eigenvalue weighted by Gasteiger charge is -2.09. The van der Waals surface area contributed by atoms with Gasteiger partial charge >= 0.3 is 0 Å². The van der Waals surface area contributed by atoms with E-state index in [0.717, 1.165) is 18.5 Å². The van der Waals surface area contributed by atoms with Crippen LogP contribution in [0, 0.1) is 11.8 Å². The van der Waals surface area contributed by atoms with Gasteiger partial charge in [0.05, 0.1) is 0 Å². The van der Waals surface area contributed by atoms with Crippen molar-refractivity contribution in [1.29, 1.82) is 0 Å². The molecule has 0 aromatic heterocycles. The summed E-state index contributed by atoms with van der Waals surface area (Å²) < 4.78 is 0. The van der Waals surface area contributed by atoms with Crippen LogP contribution in [-0.2, 0) is 6.42 Å². The van der Waals surface area contributed by atoms with E-state index in [9.17, 15) is 4.79 Å². The molecule has 1 aromatic carbocycles. The number of carbonyl (C=O) groups is 1. The van der Waals surface area contributed by atoms with Crippen molar-refractivity contribution < 1.29 is 4.79 Å². The molecule has 2 nitrogen and oxygen atoms in total. The second kappa shape index (κ2) is 6.43. The maximum atomic E-state index is 11.9. The van der Waals surface area contributed by atoms with E-state index < -0.39 is 0 Å². The predicted molar refractivity (Wildman–Crippen MR) is 72.2 cm³/mol. The summed E-state index contributed by atoms with van der Waals surface area (Å²) in [5.74, 6) is 1.13. The average molecular weight is 233 g/mol. The Morgan fingerprint density at radius 3 is 2.47 bits per heavy atom. The lowest BCUT2D eigenvalue weighted by molar-refractivity contribution is 0.0949. The number of nitrogens with one attached hydrogen (secondary N) is 1. The zero-order chi connectivity index (χ0) is 12.8. The fraction of sp³-hybridized carbons (Fsp3) is 0.533. The summed E-state index contributed by atoms with van der Waals surface area (Å²) in [5.41, 5.74) is 2.00. The molecule has 0 bridgehead atoms. The third-order valence-electron chi connectivity index (χ3n) is 2.50. The number of hydrogen-bond donors (Lipinski definition) is 1. The normalized spacial score (nSPS) is 10.9. The summed E-state index contributed by atoms with van der Waals surface area (Å²) >= 11 is 0. The van der Waals surface area contributed by atoms with Crippen LogP contribution < -0.4 is 5.32 Å². The Morgan fingerprint density at radius 1 is 1.18 bits per heavy atom. The van der Waals surface area contributed by atoms with E-state index in [1.807, 2.05) is 18.2 Å². The molecule has 0 heterocycles. The highest BCUT2D eigenvalue weighted by Gasteiger charge is 2.07. The van der Waals surface area contributed by atoms with E-state index in [4.69, 9.17) is 0 Å². The molecule has 0 radical (unpaired) electrons. The van der Waals surface area contributed by atoms with E-state index in [1.54, 1.807) is 0 Å². The summed E-state index contributed by atoms with van der Waals surface area (Å²) in [6.07, 6.45) is 1.02. The minimum Gasteiger partial charge on any atom is -0.352 e. The molecule has 0 aliphatic carbocycles. The first-order chi connectivity index (χ1) is 7.99. The van der Waals surface area contributed by atoms with Gasteiger partial charge in [-0.25, -0.2) is 0 Å². The van der Waals surface area contributed by atoms with Gasteiger partial charge in [-0.3, -0.25) is 4.79 Å². The molecule has 0 atom stereocenters. The summed E-state index contributed by atoms with van der Waals surface area (Å²) in [7, 11) is 0. The molecule has 1 aromatic rings. The van der Waals surface area contributed by atoms with Gasteiger partial charge in [0.15, 0.2) is 0 Å². The average Bonchev–Trinajstić information content (AvgIpc) is 2.25. The number of amides is 1. The molecular weight excluding hydrogens is 210 g/mol. The van der Waals surface area contributed by atoms with Crippen molar-refractivity contribution in [1.82, 2.24) is 5.32 Å². The smallest absolute Gasteiger partial charge is 0.251 e. The standard InChI is InChI=1S/C15H23NO/c1-11(2)8-13-6-5-7-14(9-13)15(17)16-10-12(3)4/h5-7,9,11-12H,8,10H2,1-4H3,(H,16,17). The Balaban J connectivity index is 2.67. The van der Waals surface area contributed by atoms with E-state index >= 15 is 0 Å². The predicted octanol–water partition coefficient (Wildman–Crippen LogP) is 3.27. The Morgan fingerprint density at radius 2 is 1.88 bits per heavy atom. The lowest BCUT2D eigenvalue weighted by atomic mass is 10.0. The first-order valence-corrected chi connectivity index (χ1v) is 6.36. The van der Waals surface area contributed by atoms with Crippen molar-refractivity contribution in [3.63, 3.8) is 0 Å². The van der Waals surface area contributed by atoms with E-state index in [1.165, 1.54) is 5.56 Å². The number of carbonyl (C=O) groups excluding carboxylic acids is 1. The van der Waals surface area contributed by atoms with Gasteiger partial charge in [-0.1, -0.05) is 39.8 Å². The molecule has 1 N–H and O–H groups in total. The molecule has 2 heteroatoms. The van der Waals surface area contributed by atoms with Gasteiger partial charge in [0, 0.05) is 12.1 Å². The number of benzene rings is 1. The zero-order valence-corrected chi connectivity index (χ0v) is 11.3. The van der Waals surface area contributed by atoms with Crippen molar-refractivity contribution in [3.8, 4) is 0 Å². The van der Waals surface area contributed by atoms with Gasteiger partial charge in [0.25, 0.3) is 5.91 Å². The molecule has 17 heavy (non-hydrogen) atoms. The Labute approximate surface area is 104 Å². The van der Waals surface area contributed by atoms with E-state index in [2.05, 4.69) is 39.1 Å². The maximum Gasteiger partial charge on any atom is 0.251 e. The highest BCUT2D eigenvalue weighted by molar-refractivity contribution is 5.94. The third-order valence-corrected chi connectivity index (χ3v) is 2.50. The molecule has 0 saturated heterocycles. The SMILES string of the molecule is CC(C)CNC(=O)c1cccc(CC(C)C)c1. The van der Waals surface area contributed by atoms with Crippen LogP contribution >= 0.6 is 0 Å². The summed E-state index contributed by atoms with van der Waals surface area (Å²) in [5, 5.41) is 2.94. The van der Waals surface area contributed by atoms with Crippen molar-refractivity contribution in [3.05, 3.63) is 35.4 Å². The van der Waals surface area contributed by atoms with Gasteiger partial charge in [-0.2, -0.15) is 0 Å². The summed E-state index contributed by atoms with van der Waals surface area (Å²) in [4.78, 5) is 11.9. The minimum absolute atomic E-state index is 0.0318. The molecule has 0 spiro atoms. The second-order valence-electron chi connectivity index (χ2n) is 5.40. The van der Waals surface area contributed by atoms with Crippen LogP contribution in [0.15, 0.2) is 24.3 Å². The monoisotopic (exact) mass is 233 g/mol. The van der Waals surface area contributed by atoms with Crippen LogP contribution in [0.2, 0.25) is 0 Å². The van der Waals surface area contributed by atoms with Crippen LogP contribution in [0.1, 0.15) is 43.6 Å². The molecule has 0 unspecified atom stereocenters. The van der Waals surface area contributed by atoms with Crippen LogP contribution in [0.5, 0.6) is 0 Å². The Bertz CT molecular complexity index is 369. The van der Waals surface area contributed by atoms with Gasteiger partial charge in [-0.15, -0.1) is 0 Å². The molecule has 0 aliphatic rings. The largest absolute Gasteiger partial charge is 0.352 e. The quantitative estimate of drug-likeness (QED) is 0.831. The van der Waals surface area contributed by atoms with Crippen LogP contribution in [-0.4, -0.2) is 12.5 Å². The Kier molecular flexibility index (Phi) is 5.20. The second-order valence-corrected chi connectivity index (χ2v) is 5.40. The molecule has 94 valence electrons. The van der Waals surface area contributed by atoms with Crippen LogP contribution in [0.3, 0.4) is 0 Å².